The molecule has 1 aromatic heterocycles. The van der Waals surface area contributed by atoms with E-state index in [1.807, 2.05) is 30.3 Å². The number of halogens is 1. The fourth-order valence-corrected chi connectivity index (χ4v) is 2.06. The van der Waals surface area contributed by atoms with Crippen molar-refractivity contribution < 1.29 is 5.11 Å². The zero-order valence-corrected chi connectivity index (χ0v) is 9.32. The summed E-state index contributed by atoms with van der Waals surface area (Å²) in [7, 11) is 0. The van der Waals surface area contributed by atoms with Gasteiger partial charge in [-0.15, -0.1) is 0 Å². The molecule has 0 radical (unpaired) electrons. The third kappa shape index (κ3) is 1.65. The second kappa shape index (κ2) is 3.67. The van der Waals surface area contributed by atoms with Crippen LogP contribution in [0, 0.1) is 0 Å². The van der Waals surface area contributed by atoms with E-state index in [-0.39, 0.29) is 0 Å². The van der Waals surface area contributed by atoms with Gasteiger partial charge in [0, 0.05) is 9.86 Å². The summed E-state index contributed by atoms with van der Waals surface area (Å²) in [5, 5.41) is 10.5. The van der Waals surface area contributed by atoms with E-state index in [0.717, 1.165) is 15.4 Å². The molecule has 1 N–H and O–H groups in total. The number of aliphatic hydroxyl groups excluding tert-OH is 1. The van der Waals surface area contributed by atoms with Crippen molar-refractivity contribution in [1.29, 1.82) is 0 Å². The molecule has 0 amide bonds. The maximum atomic E-state index is 9.47. The summed E-state index contributed by atoms with van der Waals surface area (Å²) in [6, 6.07) is 9.82. The summed E-state index contributed by atoms with van der Waals surface area (Å²) in [6.45, 7) is 1.71. The number of pyridine rings is 1. The smallest absolute Gasteiger partial charge is 0.0943 e. The minimum absolute atomic E-state index is 0.547. The van der Waals surface area contributed by atoms with Crippen molar-refractivity contribution >= 4 is 26.8 Å². The first-order valence-corrected chi connectivity index (χ1v) is 5.21. The average molecular weight is 252 g/mol. The highest BCUT2D eigenvalue weighted by Crippen LogP contribution is 2.25. The molecule has 1 aromatic carbocycles. The topological polar surface area (TPSA) is 33.1 Å². The SMILES string of the molecule is CC(O)c1nc2ccccc2cc1Br. The van der Waals surface area contributed by atoms with Gasteiger partial charge in [0.1, 0.15) is 0 Å². The maximum absolute atomic E-state index is 9.47. The molecule has 0 spiro atoms. The molecule has 0 saturated heterocycles. The highest BCUT2D eigenvalue weighted by Gasteiger charge is 2.08. The molecule has 1 atom stereocenters. The van der Waals surface area contributed by atoms with E-state index in [9.17, 15) is 5.11 Å². The van der Waals surface area contributed by atoms with Crippen LogP contribution < -0.4 is 0 Å². The predicted octanol–water partition coefficient (Wildman–Crippen LogP) is 3.05. The molecule has 1 unspecified atom stereocenters. The molecule has 1 heterocycles. The molecule has 0 aliphatic rings. The minimum atomic E-state index is -0.547. The van der Waals surface area contributed by atoms with Gasteiger partial charge in [0.05, 0.1) is 17.3 Å². The van der Waals surface area contributed by atoms with Crippen LogP contribution in [-0.2, 0) is 0 Å². The molecule has 0 aliphatic heterocycles. The van der Waals surface area contributed by atoms with Crippen LogP contribution in [-0.4, -0.2) is 10.1 Å². The molecule has 0 fully saturated rings. The normalized spacial score (nSPS) is 13.1. The lowest BCUT2D eigenvalue weighted by Gasteiger charge is -2.07. The summed E-state index contributed by atoms with van der Waals surface area (Å²) < 4.78 is 0.853. The van der Waals surface area contributed by atoms with Crippen LogP contribution in [0.25, 0.3) is 10.9 Å². The van der Waals surface area contributed by atoms with Crippen LogP contribution in [0.4, 0.5) is 0 Å². The molecule has 2 aromatic rings. The number of nitrogens with zero attached hydrogens (tertiary/aromatic N) is 1. The van der Waals surface area contributed by atoms with Gasteiger partial charge in [-0.1, -0.05) is 18.2 Å². The molecule has 14 heavy (non-hydrogen) atoms. The van der Waals surface area contributed by atoms with Gasteiger partial charge in [0.15, 0.2) is 0 Å². The average Bonchev–Trinajstić information content (AvgIpc) is 2.16. The Bertz CT molecular complexity index is 468. The fraction of sp³-hybridized carbons (Fsp3) is 0.182. The highest BCUT2D eigenvalue weighted by atomic mass is 79.9. The Hall–Kier alpha value is -0.930. The number of hydrogen-bond donors (Lipinski definition) is 1. The van der Waals surface area contributed by atoms with Crippen LogP contribution in [0.2, 0.25) is 0 Å². The number of fused-ring (bicyclic) bond motifs is 1. The Morgan fingerprint density at radius 3 is 2.79 bits per heavy atom. The summed E-state index contributed by atoms with van der Waals surface area (Å²) in [4.78, 5) is 4.38. The molecule has 2 rings (SSSR count). The van der Waals surface area contributed by atoms with Gasteiger partial charge in [-0.2, -0.15) is 0 Å². The Morgan fingerprint density at radius 1 is 1.36 bits per heavy atom. The van der Waals surface area contributed by atoms with Crippen molar-refractivity contribution in [2.45, 2.75) is 13.0 Å². The van der Waals surface area contributed by atoms with E-state index in [4.69, 9.17) is 0 Å². The molecule has 2 nitrogen and oxygen atoms in total. The molecule has 72 valence electrons. The lowest BCUT2D eigenvalue weighted by Crippen LogP contribution is -1.97. The first kappa shape index (κ1) is 9.62. The summed E-state index contributed by atoms with van der Waals surface area (Å²) >= 11 is 3.40. The number of para-hydroxylation sites is 1. The fourth-order valence-electron chi connectivity index (χ4n) is 1.40. The molecular formula is C11H10BrNO. The third-order valence-corrected chi connectivity index (χ3v) is 2.74. The number of benzene rings is 1. The van der Waals surface area contributed by atoms with Crippen LogP contribution in [0.3, 0.4) is 0 Å². The van der Waals surface area contributed by atoms with E-state index in [1.165, 1.54) is 0 Å². The number of rotatable bonds is 1. The lowest BCUT2D eigenvalue weighted by molar-refractivity contribution is 0.194. The second-order valence-electron chi connectivity index (χ2n) is 3.22. The van der Waals surface area contributed by atoms with E-state index >= 15 is 0 Å². The molecule has 0 saturated carbocycles. The quantitative estimate of drug-likeness (QED) is 0.846. The lowest BCUT2D eigenvalue weighted by atomic mass is 10.2. The Labute approximate surface area is 90.7 Å². The van der Waals surface area contributed by atoms with Crippen molar-refractivity contribution in [2.75, 3.05) is 0 Å². The van der Waals surface area contributed by atoms with E-state index in [0.29, 0.717) is 5.69 Å². The first-order chi connectivity index (χ1) is 6.68. The number of aromatic nitrogens is 1. The van der Waals surface area contributed by atoms with E-state index < -0.39 is 6.10 Å². The predicted molar refractivity (Wildman–Crippen MR) is 60.1 cm³/mol. The van der Waals surface area contributed by atoms with Crippen LogP contribution >= 0.6 is 15.9 Å². The van der Waals surface area contributed by atoms with Crippen LogP contribution in [0.15, 0.2) is 34.8 Å². The molecule has 0 aliphatic carbocycles. The summed E-state index contributed by atoms with van der Waals surface area (Å²) in [5.74, 6) is 0. The van der Waals surface area contributed by atoms with E-state index in [2.05, 4.69) is 20.9 Å². The van der Waals surface area contributed by atoms with Gasteiger partial charge in [-0.25, -0.2) is 4.98 Å². The van der Waals surface area contributed by atoms with Crippen molar-refractivity contribution in [3.05, 3.63) is 40.5 Å². The van der Waals surface area contributed by atoms with Gasteiger partial charge in [0.25, 0.3) is 0 Å². The van der Waals surface area contributed by atoms with E-state index in [1.54, 1.807) is 6.92 Å². The molecular weight excluding hydrogens is 242 g/mol. The van der Waals surface area contributed by atoms with Crippen LogP contribution in [0.5, 0.6) is 0 Å². The van der Waals surface area contributed by atoms with Gasteiger partial charge in [-0.05, 0) is 35.0 Å². The van der Waals surface area contributed by atoms with Crippen molar-refractivity contribution in [1.82, 2.24) is 4.98 Å². The summed E-state index contributed by atoms with van der Waals surface area (Å²) in [5.41, 5.74) is 1.59. The Kier molecular flexibility index (Phi) is 2.52. The largest absolute Gasteiger partial charge is 0.387 e. The molecule has 3 heteroatoms. The van der Waals surface area contributed by atoms with Gasteiger partial charge >= 0.3 is 0 Å². The maximum Gasteiger partial charge on any atom is 0.0943 e. The Balaban J connectivity index is 2.71. The van der Waals surface area contributed by atoms with Gasteiger partial charge in [0.2, 0.25) is 0 Å². The monoisotopic (exact) mass is 251 g/mol. The van der Waals surface area contributed by atoms with Gasteiger partial charge < -0.3 is 5.11 Å². The molecule has 0 bridgehead atoms. The second-order valence-corrected chi connectivity index (χ2v) is 4.08. The van der Waals surface area contributed by atoms with Gasteiger partial charge in [-0.3, -0.25) is 0 Å². The standard InChI is InChI=1S/C11H10BrNO/c1-7(14)11-9(12)6-8-4-2-3-5-10(8)13-11/h2-7,14H,1H3. The van der Waals surface area contributed by atoms with Crippen molar-refractivity contribution in [3.8, 4) is 0 Å². The third-order valence-electron chi connectivity index (χ3n) is 2.10. The zero-order valence-electron chi connectivity index (χ0n) is 7.74. The highest BCUT2D eigenvalue weighted by molar-refractivity contribution is 9.10. The number of aliphatic hydroxyl groups is 1. The minimum Gasteiger partial charge on any atom is -0.387 e. The Morgan fingerprint density at radius 2 is 2.07 bits per heavy atom. The van der Waals surface area contributed by atoms with Crippen molar-refractivity contribution in [3.63, 3.8) is 0 Å². The summed E-state index contributed by atoms with van der Waals surface area (Å²) in [6.07, 6.45) is -0.547. The number of hydrogen-bond acceptors (Lipinski definition) is 2. The van der Waals surface area contributed by atoms with Crippen LogP contribution in [0.1, 0.15) is 18.7 Å². The van der Waals surface area contributed by atoms with Crippen molar-refractivity contribution in [2.24, 2.45) is 0 Å². The zero-order chi connectivity index (χ0) is 10.1. The first-order valence-electron chi connectivity index (χ1n) is 4.42.